The van der Waals surface area contributed by atoms with E-state index in [4.69, 9.17) is 0 Å². The normalized spacial score (nSPS) is 26.1. The molecule has 2 aromatic heterocycles. The first kappa shape index (κ1) is 22.5. The SMILES string of the molecule is Cc1scnc1-c1cc(CN2CC[C@]3(CCS(O)(O)N3c3cnccn3)C[C@@H]2C)ccc1O. The number of nitrogens with zero attached hydrogens (tertiary/aromatic N) is 5. The van der Waals surface area contributed by atoms with E-state index < -0.39 is 10.8 Å². The molecule has 8 nitrogen and oxygen atoms in total. The van der Waals surface area contributed by atoms with E-state index in [1.165, 1.54) is 0 Å². The number of aromatic hydroxyl groups is 1. The second-order valence-corrected chi connectivity index (χ2v) is 12.1. The molecule has 0 radical (unpaired) electrons. The molecule has 3 aromatic rings. The fourth-order valence-electron chi connectivity index (χ4n) is 5.29. The number of phenolic OH excluding ortho intramolecular Hbond substituents is 1. The molecule has 3 N–H and O–H groups in total. The van der Waals surface area contributed by atoms with Gasteiger partial charge in [0, 0.05) is 42.0 Å². The van der Waals surface area contributed by atoms with Gasteiger partial charge in [-0.3, -0.25) is 19.0 Å². The van der Waals surface area contributed by atoms with Gasteiger partial charge in [-0.1, -0.05) is 6.07 Å². The molecule has 0 saturated carbocycles. The van der Waals surface area contributed by atoms with Gasteiger partial charge in [0.1, 0.15) is 5.75 Å². The number of likely N-dealkylation sites (tertiary alicyclic amines) is 1. The second-order valence-electron chi connectivity index (χ2n) is 9.05. The average molecular weight is 488 g/mol. The van der Waals surface area contributed by atoms with E-state index in [0.29, 0.717) is 11.6 Å². The maximum atomic E-state index is 10.8. The highest BCUT2D eigenvalue weighted by atomic mass is 32.3. The van der Waals surface area contributed by atoms with Crippen molar-refractivity contribution in [2.75, 3.05) is 16.6 Å². The molecule has 0 amide bonds. The fourth-order valence-corrected chi connectivity index (χ4v) is 7.99. The molecule has 0 aliphatic carbocycles. The molecule has 5 rings (SSSR count). The van der Waals surface area contributed by atoms with Crippen molar-refractivity contribution in [3.8, 4) is 17.0 Å². The predicted molar refractivity (Wildman–Crippen MR) is 133 cm³/mol. The van der Waals surface area contributed by atoms with Gasteiger partial charge in [-0.25, -0.2) is 14.3 Å². The maximum Gasteiger partial charge on any atom is 0.165 e. The van der Waals surface area contributed by atoms with Gasteiger partial charge in [-0.15, -0.1) is 22.1 Å². The maximum absolute atomic E-state index is 10.8. The minimum absolute atomic E-state index is 0.240. The Bertz CT molecular complexity index is 1140. The zero-order chi connectivity index (χ0) is 23.2. The Morgan fingerprint density at radius 1 is 1.21 bits per heavy atom. The van der Waals surface area contributed by atoms with Crippen LogP contribution in [0.3, 0.4) is 0 Å². The molecule has 10 heteroatoms. The summed E-state index contributed by atoms with van der Waals surface area (Å²) in [6, 6.07) is 5.99. The molecule has 2 atom stereocenters. The van der Waals surface area contributed by atoms with E-state index in [1.54, 1.807) is 45.8 Å². The lowest BCUT2D eigenvalue weighted by molar-refractivity contribution is 0.102. The standard InChI is InChI=1S/C23H29N5O3S2/c1-16-12-23(6-10-33(30,31)28(23)21-13-24-7-8-25-21)5-9-27(16)14-18-3-4-20(29)19(11-18)22-17(2)32-15-26-22/h3-4,7-8,11,13,15-16,29-31H,5-6,9-10,12,14H2,1-2H3/t16-,23-/m0/s1. The van der Waals surface area contributed by atoms with Gasteiger partial charge in [-0.2, -0.15) is 0 Å². The first-order chi connectivity index (χ1) is 15.8. The van der Waals surface area contributed by atoms with Crippen molar-refractivity contribution >= 4 is 27.9 Å². The third-order valence-electron chi connectivity index (χ3n) is 6.93. The summed E-state index contributed by atoms with van der Waals surface area (Å²) in [6.45, 7) is 5.81. The summed E-state index contributed by atoms with van der Waals surface area (Å²) in [7, 11) is -2.91. The van der Waals surface area contributed by atoms with Crippen LogP contribution in [0.4, 0.5) is 5.82 Å². The van der Waals surface area contributed by atoms with E-state index in [2.05, 4.69) is 26.8 Å². The van der Waals surface area contributed by atoms with Crippen LogP contribution in [0, 0.1) is 6.92 Å². The Kier molecular flexibility index (Phi) is 5.82. The van der Waals surface area contributed by atoms with Crippen molar-refractivity contribution in [3.63, 3.8) is 0 Å². The molecular formula is C23H29N5O3S2. The quantitative estimate of drug-likeness (QED) is 0.477. The molecule has 0 bridgehead atoms. The number of rotatable bonds is 4. The summed E-state index contributed by atoms with van der Waals surface area (Å²) in [5, 5.41) is 10.4. The van der Waals surface area contributed by atoms with Gasteiger partial charge in [-0.05, 0) is 50.8 Å². The van der Waals surface area contributed by atoms with Crippen LogP contribution in [0.2, 0.25) is 0 Å². The third kappa shape index (κ3) is 4.10. The number of aromatic nitrogens is 3. The van der Waals surface area contributed by atoms with Gasteiger partial charge < -0.3 is 5.11 Å². The predicted octanol–water partition coefficient (Wildman–Crippen LogP) is 4.91. The largest absolute Gasteiger partial charge is 0.507 e. The van der Waals surface area contributed by atoms with Gasteiger partial charge in [0.2, 0.25) is 0 Å². The van der Waals surface area contributed by atoms with Crippen molar-refractivity contribution in [1.82, 2.24) is 19.9 Å². The summed E-state index contributed by atoms with van der Waals surface area (Å²) in [6.07, 6.45) is 7.19. The monoisotopic (exact) mass is 487 g/mol. The van der Waals surface area contributed by atoms with E-state index in [1.807, 2.05) is 19.1 Å². The molecule has 4 heterocycles. The zero-order valence-electron chi connectivity index (χ0n) is 18.8. The molecule has 1 spiro atoms. The lowest BCUT2D eigenvalue weighted by Crippen LogP contribution is -2.55. The number of piperidine rings is 1. The smallest absolute Gasteiger partial charge is 0.165 e. The number of hydrogen-bond acceptors (Lipinski definition) is 9. The number of anilines is 1. The molecular weight excluding hydrogens is 458 g/mol. The molecule has 2 aliphatic rings. The topological polar surface area (TPSA) is 106 Å². The van der Waals surface area contributed by atoms with E-state index in [9.17, 15) is 14.2 Å². The summed E-state index contributed by atoms with van der Waals surface area (Å²) in [4.78, 5) is 16.5. The van der Waals surface area contributed by atoms with Gasteiger partial charge >= 0.3 is 0 Å². The summed E-state index contributed by atoms with van der Waals surface area (Å²) in [5.41, 5.74) is 4.20. The Labute approximate surface area is 199 Å². The van der Waals surface area contributed by atoms with Crippen molar-refractivity contribution in [1.29, 1.82) is 0 Å². The number of thiazole rings is 1. The van der Waals surface area contributed by atoms with E-state index in [-0.39, 0.29) is 17.3 Å². The van der Waals surface area contributed by atoms with Crippen LogP contribution in [0.5, 0.6) is 5.75 Å². The average Bonchev–Trinajstić information content (AvgIpc) is 3.32. The molecule has 33 heavy (non-hydrogen) atoms. The minimum atomic E-state index is -2.91. The molecule has 1 aromatic carbocycles. The first-order valence-electron chi connectivity index (χ1n) is 11.1. The highest BCUT2D eigenvalue weighted by Gasteiger charge is 2.53. The highest BCUT2D eigenvalue weighted by Crippen LogP contribution is 2.60. The van der Waals surface area contributed by atoms with Crippen LogP contribution in [0.25, 0.3) is 11.3 Å². The molecule has 2 saturated heterocycles. The molecule has 2 aliphatic heterocycles. The number of hydrogen-bond donors (Lipinski definition) is 3. The van der Waals surface area contributed by atoms with Crippen LogP contribution in [-0.2, 0) is 6.54 Å². The lowest BCUT2D eigenvalue weighted by Gasteiger charge is -2.51. The van der Waals surface area contributed by atoms with Gasteiger partial charge in [0.15, 0.2) is 5.82 Å². The Balaban J connectivity index is 1.36. The fraction of sp³-hybridized carbons (Fsp3) is 0.435. The number of phenols is 1. The Morgan fingerprint density at radius 2 is 2.06 bits per heavy atom. The minimum Gasteiger partial charge on any atom is -0.507 e. The number of benzene rings is 1. The molecule has 2 fully saturated rings. The van der Waals surface area contributed by atoms with Crippen LogP contribution in [0.15, 0.2) is 42.3 Å². The number of aryl methyl sites for hydroxylation is 1. The zero-order valence-corrected chi connectivity index (χ0v) is 20.4. The van der Waals surface area contributed by atoms with E-state index >= 15 is 0 Å². The Morgan fingerprint density at radius 3 is 2.76 bits per heavy atom. The van der Waals surface area contributed by atoms with Crippen LogP contribution in [-0.4, -0.2) is 57.9 Å². The molecule has 176 valence electrons. The van der Waals surface area contributed by atoms with E-state index in [0.717, 1.165) is 54.0 Å². The van der Waals surface area contributed by atoms with Crippen molar-refractivity contribution in [3.05, 3.63) is 52.7 Å². The van der Waals surface area contributed by atoms with Gasteiger partial charge in [0.05, 0.1) is 28.7 Å². The van der Waals surface area contributed by atoms with Crippen LogP contribution >= 0.6 is 22.1 Å². The highest BCUT2D eigenvalue weighted by molar-refractivity contribution is 8.25. The second kappa shape index (κ2) is 8.52. The van der Waals surface area contributed by atoms with Gasteiger partial charge in [0.25, 0.3) is 0 Å². The van der Waals surface area contributed by atoms with Crippen molar-refractivity contribution in [2.24, 2.45) is 0 Å². The van der Waals surface area contributed by atoms with Crippen molar-refractivity contribution < 1.29 is 14.2 Å². The van der Waals surface area contributed by atoms with Crippen molar-refractivity contribution in [2.45, 2.75) is 51.2 Å². The lowest BCUT2D eigenvalue weighted by atomic mass is 9.81. The first-order valence-corrected chi connectivity index (χ1v) is 13.6. The Hall–Kier alpha value is -2.24. The van der Waals surface area contributed by atoms with Crippen LogP contribution < -0.4 is 4.31 Å². The third-order valence-corrected chi connectivity index (χ3v) is 9.60. The summed E-state index contributed by atoms with van der Waals surface area (Å²) >= 11 is 1.57. The summed E-state index contributed by atoms with van der Waals surface area (Å²) < 4.78 is 23.4. The summed E-state index contributed by atoms with van der Waals surface area (Å²) in [5.74, 6) is 1.15. The van der Waals surface area contributed by atoms with Crippen LogP contribution in [0.1, 0.15) is 36.6 Å². The molecule has 0 unspecified atom stereocenters.